The van der Waals surface area contributed by atoms with E-state index in [0.29, 0.717) is 0 Å². The Bertz CT molecular complexity index is 902. The average molecular weight is 383 g/mol. The molecule has 1 aliphatic rings. The van der Waals surface area contributed by atoms with E-state index in [2.05, 4.69) is 57.8 Å². The lowest BCUT2D eigenvalue weighted by Gasteiger charge is -2.30. The molecule has 0 amide bonds. The standard InChI is InChI=1S/C21H26N4OS/c1-2-19-23-20(18-9-12-27-21(18)24-19)22-13-15-5-3-4-6-16(15)14-25-10-7-17(26)8-11-25/h3-6,9,12,17,26H,2,7-8,10-11,13-14H2,1H3,(H,22,23,24). The second-order valence-corrected chi connectivity index (χ2v) is 8.01. The molecular formula is C21H26N4OS. The van der Waals surface area contributed by atoms with Crippen molar-refractivity contribution in [2.75, 3.05) is 18.4 Å². The zero-order valence-corrected chi connectivity index (χ0v) is 16.5. The smallest absolute Gasteiger partial charge is 0.138 e. The van der Waals surface area contributed by atoms with Gasteiger partial charge in [0.15, 0.2) is 0 Å². The van der Waals surface area contributed by atoms with Gasteiger partial charge in [-0.25, -0.2) is 9.97 Å². The molecule has 5 nitrogen and oxygen atoms in total. The second-order valence-electron chi connectivity index (χ2n) is 7.11. The van der Waals surface area contributed by atoms with E-state index in [-0.39, 0.29) is 6.10 Å². The first-order valence-corrected chi connectivity index (χ1v) is 10.6. The van der Waals surface area contributed by atoms with Crippen molar-refractivity contribution in [1.82, 2.24) is 14.9 Å². The minimum Gasteiger partial charge on any atom is -0.393 e. The quantitative estimate of drug-likeness (QED) is 0.679. The normalized spacial score (nSPS) is 16.1. The van der Waals surface area contributed by atoms with E-state index in [9.17, 15) is 5.11 Å². The number of nitrogens with one attached hydrogen (secondary N) is 1. The summed E-state index contributed by atoms with van der Waals surface area (Å²) in [6, 6.07) is 10.7. The largest absolute Gasteiger partial charge is 0.393 e. The van der Waals surface area contributed by atoms with E-state index in [1.165, 1.54) is 11.1 Å². The van der Waals surface area contributed by atoms with Gasteiger partial charge in [0.2, 0.25) is 0 Å². The van der Waals surface area contributed by atoms with Gasteiger partial charge < -0.3 is 10.4 Å². The number of likely N-dealkylation sites (tertiary alicyclic amines) is 1. The highest BCUT2D eigenvalue weighted by atomic mass is 32.1. The van der Waals surface area contributed by atoms with Crippen LogP contribution in [0.5, 0.6) is 0 Å². The van der Waals surface area contributed by atoms with Gasteiger partial charge in [0, 0.05) is 32.6 Å². The lowest BCUT2D eigenvalue weighted by Crippen LogP contribution is -2.35. The molecule has 1 saturated heterocycles. The number of piperidine rings is 1. The molecule has 142 valence electrons. The molecule has 0 unspecified atom stereocenters. The molecule has 4 rings (SSSR count). The van der Waals surface area contributed by atoms with Crippen LogP contribution >= 0.6 is 11.3 Å². The molecular weight excluding hydrogens is 356 g/mol. The van der Waals surface area contributed by atoms with Crippen molar-refractivity contribution in [2.45, 2.75) is 45.4 Å². The molecule has 2 N–H and O–H groups in total. The number of benzene rings is 1. The Hall–Kier alpha value is -2.02. The van der Waals surface area contributed by atoms with Crippen LogP contribution in [0, 0.1) is 0 Å². The fourth-order valence-electron chi connectivity index (χ4n) is 3.57. The summed E-state index contributed by atoms with van der Waals surface area (Å²) in [5.41, 5.74) is 2.64. The molecule has 0 saturated carbocycles. The molecule has 0 aliphatic carbocycles. The van der Waals surface area contributed by atoms with E-state index >= 15 is 0 Å². The van der Waals surface area contributed by atoms with Gasteiger partial charge in [-0.15, -0.1) is 11.3 Å². The average Bonchev–Trinajstić information content (AvgIpc) is 3.17. The van der Waals surface area contributed by atoms with E-state index in [1.54, 1.807) is 11.3 Å². The molecule has 0 spiro atoms. The third-order valence-electron chi connectivity index (χ3n) is 5.20. The summed E-state index contributed by atoms with van der Waals surface area (Å²) in [5.74, 6) is 1.81. The first kappa shape index (κ1) is 18.3. The summed E-state index contributed by atoms with van der Waals surface area (Å²) in [5, 5.41) is 16.4. The van der Waals surface area contributed by atoms with Gasteiger partial charge in [0.1, 0.15) is 16.5 Å². The van der Waals surface area contributed by atoms with Gasteiger partial charge in [0.25, 0.3) is 0 Å². The molecule has 0 bridgehead atoms. The molecule has 3 aromatic rings. The fraction of sp³-hybridized carbons (Fsp3) is 0.429. The maximum Gasteiger partial charge on any atom is 0.138 e. The number of thiophene rings is 1. The third-order valence-corrected chi connectivity index (χ3v) is 6.01. The van der Waals surface area contributed by atoms with Crippen LogP contribution in [0.1, 0.15) is 36.7 Å². The summed E-state index contributed by atoms with van der Waals surface area (Å²) < 4.78 is 0. The van der Waals surface area contributed by atoms with E-state index < -0.39 is 0 Å². The van der Waals surface area contributed by atoms with Crippen LogP contribution in [0.25, 0.3) is 10.2 Å². The Morgan fingerprint density at radius 1 is 1.15 bits per heavy atom. The Labute approximate surface area is 164 Å². The van der Waals surface area contributed by atoms with Gasteiger partial charge in [0.05, 0.1) is 11.5 Å². The SMILES string of the molecule is CCc1nc(NCc2ccccc2CN2CCC(O)CC2)c2ccsc2n1. The van der Waals surface area contributed by atoms with Gasteiger partial charge in [-0.1, -0.05) is 31.2 Å². The maximum atomic E-state index is 9.72. The van der Waals surface area contributed by atoms with Crippen molar-refractivity contribution in [1.29, 1.82) is 0 Å². The number of aliphatic hydroxyl groups is 1. The summed E-state index contributed by atoms with van der Waals surface area (Å²) >= 11 is 1.66. The third kappa shape index (κ3) is 4.29. The molecule has 1 aromatic carbocycles. The van der Waals surface area contributed by atoms with Crippen molar-refractivity contribution >= 4 is 27.4 Å². The molecule has 27 heavy (non-hydrogen) atoms. The van der Waals surface area contributed by atoms with Crippen LogP contribution in [0.4, 0.5) is 5.82 Å². The van der Waals surface area contributed by atoms with Crippen molar-refractivity contribution < 1.29 is 5.11 Å². The molecule has 0 radical (unpaired) electrons. The molecule has 6 heteroatoms. The van der Waals surface area contributed by atoms with Gasteiger partial charge >= 0.3 is 0 Å². The van der Waals surface area contributed by atoms with E-state index in [1.807, 2.05) is 0 Å². The summed E-state index contributed by atoms with van der Waals surface area (Å²) in [6.07, 6.45) is 2.45. The number of nitrogens with zero attached hydrogens (tertiary/aromatic N) is 3. The Kier molecular flexibility index (Phi) is 5.66. The van der Waals surface area contributed by atoms with Crippen molar-refractivity contribution in [3.8, 4) is 0 Å². The summed E-state index contributed by atoms with van der Waals surface area (Å²) in [4.78, 5) is 12.8. The first-order chi connectivity index (χ1) is 13.2. The number of rotatable bonds is 6. The number of aliphatic hydroxyl groups excluding tert-OH is 1. The van der Waals surface area contributed by atoms with Crippen LogP contribution in [0.3, 0.4) is 0 Å². The number of aromatic nitrogens is 2. The van der Waals surface area contributed by atoms with E-state index in [0.717, 1.165) is 67.3 Å². The molecule has 1 fully saturated rings. The van der Waals surface area contributed by atoms with Crippen LogP contribution < -0.4 is 5.32 Å². The van der Waals surface area contributed by atoms with Crippen molar-refractivity contribution in [3.63, 3.8) is 0 Å². The Morgan fingerprint density at radius 2 is 1.93 bits per heavy atom. The molecule has 3 heterocycles. The highest BCUT2D eigenvalue weighted by Crippen LogP contribution is 2.26. The van der Waals surface area contributed by atoms with Crippen molar-refractivity contribution in [2.24, 2.45) is 0 Å². The number of fused-ring (bicyclic) bond motifs is 1. The fourth-order valence-corrected chi connectivity index (χ4v) is 4.36. The van der Waals surface area contributed by atoms with Crippen LogP contribution in [-0.4, -0.2) is 39.2 Å². The Balaban J connectivity index is 1.50. The van der Waals surface area contributed by atoms with Gasteiger partial charge in [-0.05, 0) is 35.4 Å². The van der Waals surface area contributed by atoms with Gasteiger partial charge in [-0.2, -0.15) is 0 Å². The first-order valence-electron chi connectivity index (χ1n) is 9.68. The Morgan fingerprint density at radius 3 is 2.70 bits per heavy atom. The number of anilines is 1. The van der Waals surface area contributed by atoms with Crippen LogP contribution in [0.2, 0.25) is 0 Å². The number of aryl methyl sites for hydroxylation is 1. The van der Waals surface area contributed by atoms with E-state index in [4.69, 9.17) is 4.98 Å². The number of hydrogen-bond donors (Lipinski definition) is 2. The molecule has 1 aliphatic heterocycles. The zero-order chi connectivity index (χ0) is 18.6. The van der Waals surface area contributed by atoms with Crippen molar-refractivity contribution in [3.05, 3.63) is 52.7 Å². The number of hydrogen-bond acceptors (Lipinski definition) is 6. The predicted octanol–water partition coefficient (Wildman–Crippen LogP) is 3.82. The second kappa shape index (κ2) is 8.33. The van der Waals surface area contributed by atoms with Crippen LogP contribution in [-0.2, 0) is 19.5 Å². The maximum absolute atomic E-state index is 9.72. The summed E-state index contributed by atoms with van der Waals surface area (Å²) in [6.45, 7) is 5.69. The van der Waals surface area contributed by atoms with Crippen LogP contribution in [0.15, 0.2) is 35.7 Å². The lowest BCUT2D eigenvalue weighted by atomic mass is 10.0. The highest BCUT2D eigenvalue weighted by molar-refractivity contribution is 7.16. The lowest BCUT2D eigenvalue weighted by molar-refractivity contribution is 0.0791. The predicted molar refractivity (Wildman–Crippen MR) is 111 cm³/mol. The minimum atomic E-state index is -0.128. The van der Waals surface area contributed by atoms with Gasteiger partial charge in [-0.3, -0.25) is 4.90 Å². The topological polar surface area (TPSA) is 61.3 Å². The molecule has 0 atom stereocenters. The monoisotopic (exact) mass is 382 g/mol. The minimum absolute atomic E-state index is 0.128. The summed E-state index contributed by atoms with van der Waals surface area (Å²) in [7, 11) is 0. The highest BCUT2D eigenvalue weighted by Gasteiger charge is 2.18. The molecule has 2 aromatic heterocycles. The zero-order valence-electron chi connectivity index (χ0n) is 15.7.